The molecule has 0 spiro atoms. The normalized spacial score (nSPS) is 19.7. The first-order valence-electron chi connectivity index (χ1n) is 10.5. The molecule has 2 aromatic rings. The third-order valence-corrected chi connectivity index (χ3v) is 5.55. The monoisotopic (exact) mass is 513 g/mol. The van der Waals surface area contributed by atoms with Crippen LogP contribution in [0.2, 0.25) is 0 Å². The Hall–Kier alpha value is -2.06. The Morgan fingerprint density at radius 2 is 1.81 bits per heavy atom. The number of ether oxygens (including phenoxy) is 2. The second-order valence-corrected chi connectivity index (χ2v) is 9.78. The van der Waals surface area contributed by atoms with E-state index in [0.717, 1.165) is 17.7 Å². The lowest BCUT2D eigenvalue weighted by Crippen LogP contribution is -2.47. The molecule has 0 radical (unpaired) electrons. The molecule has 4 nitrogen and oxygen atoms in total. The quantitative estimate of drug-likeness (QED) is 0.436. The lowest BCUT2D eigenvalue weighted by molar-refractivity contribution is -0.137. The predicted octanol–water partition coefficient (Wildman–Crippen LogP) is 7.13. The third-order valence-electron chi connectivity index (χ3n) is 5.09. The van der Waals surface area contributed by atoms with Crippen molar-refractivity contribution >= 4 is 22.0 Å². The van der Waals surface area contributed by atoms with Gasteiger partial charge in [0.15, 0.2) is 0 Å². The summed E-state index contributed by atoms with van der Waals surface area (Å²) >= 11 is 3.15. The van der Waals surface area contributed by atoms with E-state index in [2.05, 4.69) is 15.9 Å². The van der Waals surface area contributed by atoms with Crippen molar-refractivity contribution < 1.29 is 27.4 Å². The van der Waals surface area contributed by atoms with Crippen LogP contribution in [0.25, 0.3) is 0 Å². The number of carbonyl (C=O) groups is 1. The molecule has 0 aliphatic carbocycles. The Kier molecular flexibility index (Phi) is 7.55. The van der Waals surface area contributed by atoms with Gasteiger partial charge >= 0.3 is 12.3 Å². The second-order valence-electron chi connectivity index (χ2n) is 8.87. The van der Waals surface area contributed by atoms with Gasteiger partial charge in [0.25, 0.3) is 0 Å². The van der Waals surface area contributed by atoms with Gasteiger partial charge < -0.3 is 9.47 Å². The van der Waals surface area contributed by atoms with Gasteiger partial charge in [0.05, 0.1) is 24.3 Å². The van der Waals surface area contributed by atoms with Gasteiger partial charge in [-0.25, -0.2) is 4.79 Å². The van der Waals surface area contributed by atoms with Crippen LogP contribution >= 0.6 is 15.9 Å². The summed E-state index contributed by atoms with van der Waals surface area (Å²) in [6.07, 6.45) is -3.87. The number of amides is 1. The van der Waals surface area contributed by atoms with Crippen LogP contribution < -0.4 is 0 Å². The van der Waals surface area contributed by atoms with Crippen LogP contribution in [0.5, 0.6) is 0 Å². The lowest BCUT2D eigenvalue weighted by Gasteiger charge is -2.41. The number of hydrogen-bond donors (Lipinski definition) is 0. The van der Waals surface area contributed by atoms with E-state index in [1.165, 1.54) is 0 Å². The minimum Gasteiger partial charge on any atom is -0.444 e. The maximum Gasteiger partial charge on any atom is 0.416 e. The van der Waals surface area contributed by atoms with E-state index in [1.807, 2.05) is 51.1 Å². The fourth-order valence-corrected chi connectivity index (χ4v) is 4.35. The van der Waals surface area contributed by atoms with E-state index in [1.54, 1.807) is 11.0 Å². The highest BCUT2D eigenvalue weighted by atomic mass is 79.9. The third kappa shape index (κ3) is 6.48. The van der Waals surface area contributed by atoms with E-state index >= 15 is 0 Å². The molecule has 8 heteroatoms. The molecule has 1 aliphatic heterocycles. The zero-order valence-corrected chi connectivity index (χ0v) is 19.9. The SMILES string of the molecule is CC(C)(C)OC(=O)N1CCC[C@H](OCc2cc(Br)cc(C(F)(F)F)c2)[C@@H]1c1ccccc1. The summed E-state index contributed by atoms with van der Waals surface area (Å²) in [6, 6.07) is 12.9. The first-order valence-corrected chi connectivity index (χ1v) is 11.3. The fraction of sp³-hybridized carbons (Fsp3) is 0.458. The van der Waals surface area contributed by atoms with E-state index in [0.29, 0.717) is 29.4 Å². The largest absolute Gasteiger partial charge is 0.444 e. The van der Waals surface area contributed by atoms with Crippen LogP contribution in [0, 0.1) is 0 Å². The minimum absolute atomic E-state index is 0.00131. The van der Waals surface area contributed by atoms with Gasteiger partial charge in [0.1, 0.15) is 5.60 Å². The maximum absolute atomic E-state index is 13.2. The number of likely N-dealkylation sites (tertiary alicyclic amines) is 1. The van der Waals surface area contributed by atoms with Crippen molar-refractivity contribution in [3.8, 4) is 0 Å². The van der Waals surface area contributed by atoms with Crippen LogP contribution in [0.1, 0.15) is 56.3 Å². The molecule has 0 bridgehead atoms. The van der Waals surface area contributed by atoms with Crippen molar-refractivity contribution in [2.45, 2.75) is 64.1 Å². The molecular formula is C24H27BrF3NO3. The van der Waals surface area contributed by atoms with E-state index in [9.17, 15) is 18.0 Å². The average molecular weight is 514 g/mol. The fourth-order valence-electron chi connectivity index (χ4n) is 3.81. The Bertz CT molecular complexity index is 928. The van der Waals surface area contributed by atoms with Crippen LogP contribution in [-0.2, 0) is 22.3 Å². The number of carbonyl (C=O) groups excluding carboxylic acids is 1. The molecule has 1 fully saturated rings. The topological polar surface area (TPSA) is 38.8 Å². The van der Waals surface area contributed by atoms with E-state index < -0.39 is 29.5 Å². The minimum atomic E-state index is -4.44. The van der Waals surface area contributed by atoms with Crippen molar-refractivity contribution in [2.24, 2.45) is 0 Å². The molecule has 0 aromatic heterocycles. The highest BCUT2D eigenvalue weighted by molar-refractivity contribution is 9.10. The molecule has 0 saturated carbocycles. The smallest absolute Gasteiger partial charge is 0.416 e. The summed E-state index contributed by atoms with van der Waals surface area (Å²) in [6.45, 7) is 5.95. The summed E-state index contributed by atoms with van der Waals surface area (Å²) in [5.74, 6) is 0. The Labute approximate surface area is 194 Å². The van der Waals surface area contributed by atoms with Gasteiger partial charge in [-0.2, -0.15) is 13.2 Å². The van der Waals surface area contributed by atoms with Gasteiger partial charge in [0.2, 0.25) is 0 Å². The molecule has 3 rings (SSSR count). The highest BCUT2D eigenvalue weighted by Crippen LogP contribution is 2.36. The Morgan fingerprint density at radius 1 is 1.12 bits per heavy atom. The number of rotatable bonds is 4. The van der Waals surface area contributed by atoms with Gasteiger partial charge in [-0.3, -0.25) is 4.90 Å². The van der Waals surface area contributed by atoms with Gasteiger partial charge in [-0.05, 0) is 62.9 Å². The number of nitrogens with zero attached hydrogens (tertiary/aromatic N) is 1. The van der Waals surface area contributed by atoms with Crippen LogP contribution in [-0.4, -0.2) is 29.2 Å². The van der Waals surface area contributed by atoms with Gasteiger partial charge in [-0.1, -0.05) is 46.3 Å². The molecule has 32 heavy (non-hydrogen) atoms. The first-order chi connectivity index (χ1) is 14.9. The molecule has 1 aliphatic rings. The Balaban J connectivity index is 1.84. The maximum atomic E-state index is 13.2. The molecule has 1 amide bonds. The molecular weight excluding hydrogens is 487 g/mol. The van der Waals surface area contributed by atoms with Crippen LogP contribution in [0.3, 0.4) is 0 Å². The molecule has 2 atom stereocenters. The molecule has 1 heterocycles. The van der Waals surface area contributed by atoms with Crippen LogP contribution in [0.4, 0.5) is 18.0 Å². The van der Waals surface area contributed by atoms with E-state index in [4.69, 9.17) is 9.47 Å². The summed E-state index contributed by atoms with van der Waals surface area (Å²) in [7, 11) is 0. The molecule has 0 N–H and O–H groups in total. The Morgan fingerprint density at radius 3 is 2.44 bits per heavy atom. The second kappa shape index (κ2) is 9.83. The van der Waals surface area contributed by atoms with Crippen molar-refractivity contribution in [1.82, 2.24) is 4.90 Å². The number of piperidine rings is 1. The van der Waals surface area contributed by atoms with Crippen molar-refractivity contribution in [3.63, 3.8) is 0 Å². The molecule has 174 valence electrons. The van der Waals surface area contributed by atoms with Crippen molar-refractivity contribution in [3.05, 3.63) is 69.7 Å². The highest BCUT2D eigenvalue weighted by Gasteiger charge is 2.38. The van der Waals surface area contributed by atoms with Crippen LogP contribution in [0.15, 0.2) is 53.0 Å². The van der Waals surface area contributed by atoms with Gasteiger partial charge in [-0.15, -0.1) is 0 Å². The molecule has 1 saturated heterocycles. The summed E-state index contributed by atoms with van der Waals surface area (Å²) in [5.41, 5.74) is -0.0681. The van der Waals surface area contributed by atoms with Crippen molar-refractivity contribution in [2.75, 3.05) is 6.54 Å². The summed E-state index contributed by atoms with van der Waals surface area (Å²) in [4.78, 5) is 14.6. The van der Waals surface area contributed by atoms with E-state index in [-0.39, 0.29) is 12.7 Å². The first kappa shape index (κ1) is 24.6. The zero-order valence-electron chi connectivity index (χ0n) is 18.3. The number of benzene rings is 2. The van der Waals surface area contributed by atoms with Gasteiger partial charge in [0, 0.05) is 11.0 Å². The number of alkyl halides is 3. The molecule has 0 unspecified atom stereocenters. The molecule has 2 aromatic carbocycles. The average Bonchev–Trinajstić information content (AvgIpc) is 2.70. The lowest BCUT2D eigenvalue weighted by atomic mass is 9.92. The standard InChI is InChI=1S/C24H27BrF3NO3/c1-23(2,3)32-22(30)29-11-7-10-20(21(29)17-8-5-4-6-9-17)31-15-16-12-18(24(26,27)28)14-19(25)13-16/h4-6,8-9,12-14,20-21H,7,10-11,15H2,1-3H3/t20-,21-/m0/s1. The zero-order chi connectivity index (χ0) is 23.5. The summed E-state index contributed by atoms with van der Waals surface area (Å²) in [5, 5.41) is 0. The summed E-state index contributed by atoms with van der Waals surface area (Å²) < 4.78 is 51.6. The number of hydrogen-bond acceptors (Lipinski definition) is 3. The van der Waals surface area contributed by atoms with Crippen molar-refractivity contribution in [1.29, 1.82) is 0 Å². The number of halogens is 4. The predicted molar refractivity (Wildman–Crippen MR) is 119 cm³/mol.